The van der Waals surface area contributed by atoms with Crippen molar-refractivity contribution in [3.63, 3.8) is 0 Å². The van der Waals surface area contributed by atoms with Crippen LogP contribution < -0.4 is 0 Å². The summed E-state index contributed by atoms with van der Waals surface area (Å²) in [5, 5.41) is 0. The Labute approximate surface area is 172 Å². The Bertz CT molecular complexity index is 786. The van der Waals surface area contributed by atoms with Crippen molar-refractivity contribution in [1.82, 2.24) is 0 Å². The van der Waals surface area contributed by atoms with Crippen LogP contribution in [0.4, 0.5) is 0 Å². The molecule has 2 aromatic carbocycles. The first-order valence-corrected chi connectivity index (χ1v) is 11.0. The zero-order valence-corrected chi connectivity index (χ0v) is 17.7. The predicted molar refractivity (Wildman–Crippen MR) is 122 cm³/mol. The summed E-state index contributed by atoms with van der Waals surface area (Å²) in [4.78, 5) is 0. The third-order valence-corrected chi connectivity index (χ3v) is 4.90. The van der Waals surface area contributed by atoms with E-state index in [4.69, 9.17) is 0 Å². The van der Waals surface area contributed by atoms with E-state index in [0.717, 1.165) is 23.1 Å². The number of unbranched alkanes of at least 4 members (excludes halogenated alkanes) is 7. The fourth-order valence-corrected chi connectivity index (χ4v) is 3.10. The zero-order valence-electron chi connectivity index (χ0n) is 17.7. The molecule has 0 atom stereocenters. The molecule has 0 heteroatoms. The molecule has 28 heavy (non-hydrogen) atoms. The van der Waals surface area contributed by atoms with Crippen LogP contribution in [0.3, 0.4) is 0 Å². The summed E-state index contributed by atoms with van der Waals surface area (Å²) in [6.07, 6.45) is 12.5. The van der Waals surface area contributed by atoms with Crippen LogP contribution in [0.25, 0.3) is 0 Å². The molecule has 0 aliphatic heterocycles. The first-order valence-electron chi connectivity index (χ1n) is 11.0. The van der Waals surface area contributed by atoms with E-state index in [1.54, 1.807) is 0 Å². The molecular weight excluding hydrogens is 336 g/mol. The van der Waals surface area contributed by atoms with Gasteiger partial charge in [0, 0.05) is 23.1 Å². The maximum absolute atomic E-state index is 3.28. The van der Waals surface area contributed by atoms with Gasteiger partial charge in [-0.25, -0.2) is 0 Å². The van der Waals surface area contributed by atoms with Crippen LogP contribution in [0.1, 0.15) is 93.9 Å². The Morgan fingerprint density at radius 3 is 1.61 bits per heavy atom. The highest BCUT2D eigenvalue weighted by molar-refractivity contribution is 5.46. The third-order valence-electron chi connectivity index (χ3n) is 4.90. The molecule has 2 rings (SSSR count). The molecule has 0 amide bonds. The summed E-state index contributed by atoms with van der Waals surface area (Å²) in [6, 6.07) is 17.0. The molecule has 0 unspecified atom stereocenters. The predicted octanol–water partition coefficient (Wildman–Crippen LogP) is 7.53. The zero-order chi connectivity index (χ0) is 19.9. The van der Waals surface area contributed by atoms with Crippen LogP contribution in [0, 0.1) is 23.7 Å². The molecule has 0 bridgehead atoms. The molecule has 146 valence electrons. The molecule has 0 aliphatic rings. The molecule has 0 spiro atoms. The number of rotatable bonds is 9. The van der Waals surface area contributed by atoms with Crippen molar-refractivity contribution in [3.05, 3.63) is 70.8 Å². The van der Waals surface area contributed by atoms with Gasteiger partial charge in [-0.15, -0.1) is 0 Å². The second-order valence-electron chi connectivity index (χ2n) is 7.45. The van der Waals surface area contributed by atoms with Gasteiger partial charge in [-0.1, -0.05) is 88.2 Å². The van der Waals surface area contributed by atoms with Crippen molar-refractivity contribution >= 4 is 0 Å². The first-order chi connectivity index (χ1) is 13.8. The van der Waals surface area contributed by atoms with Crippen LogP contribution >= 0.6 is 0 Å². The van der Waals surface area contributed by atoms with Crippen molar-refractivity contribution in [3.8, 4) is 23.7 Å². The summed E-state index contributed by atoms with van der Waals surface area (Å²) < 4.78 is 0. The lowest BCUT2D eigenvalue weighted by atomic mass is 10.0. The molecule has 0 saturated carbocycles. The van der Waals surface area contributed by atoms with Gasteiger partial charge >= 0.3 is 0 Å². The van der Waals surface area contributed by atoms with E-state index in [1.807, 2.05) is 0 Å². The molecular formula is C28H34. The van der Waals surface area contributed by atoms with E-state index >= 15 is 0 Å². The van der Waals surface area contributed by atoms with Crippen LogP contribution in [-0.4, -0.2) is 0 Å². The fourth-order valence-electron chi connectivity index (χ4n) is 3.10. The highest BCUT2D eigenvalue weighted by Crippen LogP contribution is 2.10. The third kappa shape index (κ3) is 8.97. The standard InChI is InChI=1S/C28H34/c1-3-5-7-9-10-12-14-26-17-21-28(22-18-26)24-23-27-19-15-25(16-20-27)13-11-8-6-4-2/h15-22H,3-11,13H2,1-2H3. The summed E-state index contributed by atoms with van der Waals surface area (Å²) >= 11 is 0. The Kier molecular flexibility index (Phi) is 10.7. The average molecular weight is 371 g/mol. The minimum Gasteiger partial charge on any atom is -0.0979 e. The van der Waals surface area contributed by atoms with Gasteiger partial charge in [-0.05, 0) is 61.2 Å². The molecule has 0 saturated heterocycles. The number of hydrogen-bond acceptors (Lipinski definition) is 0. The Morgan fingerprint density at radius 2 is 1.04 bits per heavy atom. The summed E-state index contributed by atoms with van der Waals surface area (Å²) in [6.45, 7) is 4.49. The first kappa shape index (κ1) is 21.9. The van der Waals surface area contributed by atoms with Gasteiger partial charge in [-0.3, -0.25) is 0 Å². The number of aryl methyl sites for hydroxylation is 1. The lowest BCUT2D eigenvalue weighted by Gasteiger charge is -2.01. The number of hydrogen-bond donors (Lipinski definition) is 0. The van der Waals surface area contributed by atoms with Crippen molar-refractivity contribution in [2.24, 2.45) is 0 Å². The molecule has 0 aromatic heterocycles. The Morgan fingerprint density at radius 1 is 0.536 bits per heavy atom. The van der Waals surface area contributed by atoms with Crippen molar-refractivity contribution in [2.45, 2.75) is 78.1 Å². The smallest absolute Gasteiger partial charge is 0.0249 e. The molecule has 0 nitrogen and oxygen atoms in total. The van der Waals surface area contributed by atoms with Gasteiger partial charge in [-0.2, -0.15) is 0 Å². The van der Waals surface area contributed by atoms with E-state index in [-0.39, 0.29) is 0 Å². The second-order valence-corrected chi connectivity index (χ2v) is 7.45. The molecule has 0 radical (unpaired) electrons. The summed E-state index contributed by atoms with van der Waals surface area (Å²) in [5.74, 6) is 13.1. The quantitative estimate of drug-likeness (QED) is 0.316. The fraction of sp³-hybridized carbons (Fsp3) is 0.429. The molecule has 0 N–H and O–H groups in total. The SMILES string of the molecule is CCCCCCC#Cc1ccc(C#Cc2ccc(CCCCCC)cc2)cc1. The molecule has 2 aromatic rings. The van der Waals surface area contributed by atoms with E-state index in [9.17, 15) is 0 Å². The van der Waals surface area contributed by atoms with E-state index in [1.165, 1.54) is 63.4 Å². The van der Waals surface area contributed by atoms with Gasteiger partial charge < -0.3 is 0 Å². The van der Waals surface area contributed by atoms with Gasteiger partial charge in [0.15, 0.2) is 0 Å². The lowest BCUT2D eigenvalue weighted by molar-refractivity contribution is 0.667. The normalized spacial score (nSPS) is 9.93. The molecule has 0 aliphatic carbocycles. The van der Waals surface area contributed by atoms with Crippen molar-refractivity contribution in [2.75, 3.05) is 0 Å². The van der Waals surface area contributed by atoms with Gasteiger partial charge in [0.1, 0.15) is 0 Å². The van der Waals surface area contributed by atoms with Crippen LogP contribution in [0.5, 0.6) is 0 Å². The topological polar surface area (TPSA) is 0 Å². The van der Waals surface area contributed by atoms with E-state index < -0.39 is 0 Å². The van der Waals surface area contributed by atoms with Crippen molar-refractivity contribution < 1.29 is 0 Å². The lowest BCUT2D eigenvalue weighted by Crippen LogP contribution is -1.86. The highest BCUT2D eigenvalue weighted by atomic mass is 14.0. The van der Waals surface area contributed by atoms with Crippen molar-refractivity contribution in [1.29, 1.82) is 0 Å². The van der Waals surface area contributed by atoms with Gasteiger partial charge in [0.05, 0.1) is 0 Å². The molecule has 0 fully saturated rings. The maximum Gasteiger partial charge on any atom is 0.0249 e. The molecule has 0 heterocycles. The highest BCUT2D eigenvalue weighted by Gasteiger charge is 1.94. The summed E-state index contributed by atoms with van der Waals surface area (Å²) in [7, 11) is 0. The number of benzene rings is 2. The van der Waals surface area contributed by atoms with Gasteiger partial charge in [0.2, 0.25) is 0 Å². The Hall–Kier alpha value is -2.44. The minimum absolute atomic E-state index is 0.996. The Balaban J connectivity index is 1.82. The minimum atomic E-state index is 0.996. The van der Waals surface area contributed by atoms with Crippen LogP contribution in [0.2, 0.25) is 0 Å². The maximum atomic E-state index is 3.28. The van der Waals surface area contributed by atoms with Crippen LogP contribution in [0.15, 0.2) is 48.5 Å². The summed E-state index contributed by atoms with van der Waals surface area (Å²) in [5.41, 5.74) is 4.61. The van der Waals surface area contributed by atoms with Gasteiger partial charge in [0.25, 0.3) is 0 Å². The van der Waals surface area contributed by atoms with Crippen LogP contribution in [-0.2, 0) is 6.42 Å². The van der Waals surface area contributed by atoms with E-state index in [0.29, 0.717) is 0 Å². The largest absolute Gasteiger partial charge is 0.0979 e. The van der Waals surface area contributed by atoms with E-state index in [2.05, 4.69) is 86.1 Å². The monoisotopic (exact) mass is 370 g/mol. The average Bonchev–Trinajstić information content (AvgIpc) is 2.74. The second kappa shape index (κ2) is 13.7.